The zero-order valence-electron chi connectivity index (χ0n) is 10.8. The third-order valence-electron chi connectivity index (χ3n) is 3.19. The summed E-state index contributed by atoms with van der Waals surface area (Å²) < 4.78 is 5.68. The SMILES string of the molecule is C[C@@H]1CN(C[C@@H](O)c2ccccc2Cl)C[C@H](C)O1. The molecule has 0 saturated carbocycles. The Balaban J connectivity index is 1.99. The van der Waals surface area contributed by atoms with Gasteiger partial charge in [-0.2, -0.15) is 0 Å². The zero-order valence-corrected chi connectivity index (χ0v) is 11.6. The summed E-state index contributed by atoms with van der Waals surface area (Å²) in [6.07, 6.45) is -0.115. The second-order valence-corrected chi connectivity index (χ2v) is 5.42. The zero-order chi connectivity index (χ0) is 13.1. The standard InChI is InChI=1S/C14H20ClNO2/c1-10-7-16(8-11(2)18-10)9-14(17)12-5-3-4-6-13(12)15/h3-6,10-11,14,17H,7-9H2,1-2H3/t10-,11+,14-/m1/s1. The highest BCUT2D eigenvalue weighted by Crippen LogP contribution is 2.24. The highest BCUT2D eigenvalue weighted by atomic mass is 35.5. The highest BCUT2D eigenvalue weighted by molar-refractivity contribution is 6.31. The largest absolute Gasteiger partial charge is 0.387 e. The van der Waals surface area contributed by atoms with Crippen LogP contribution in [0, 0.1) is 0 Å². The van der Waals surface area contributed by atoms with Crippen LogP contribution >= 0.6 is 11.6 Å². The van der Waals surface area contributed by atoms with E-state index >= 15 is 0 Å². The molecule has 100 valence electrons. The van der Waals surface area contributed by atoms with E-state index in [2.05, 4.69) is 18.7 Å². The van der Waals surface area contributed by atoms with E-state index in [4.69, 9.17) is 16.3 Å². The molecule has 4 heteroatoms. The van der Waals surface area contributed by atoms with Crippen molar-refractivity contribution in [1.29, 1.82) is 0 Å². The Morgan fingerprint density at radius 3 is 2.56 bits per heavy atom. The Kier molecular flexibility index (Phi) is 4.62. The number of rotatable bonds is 3. The number of halogens is 1. The maximum atomic E-state index is 10.3. The molecule has 1 heterocycles. The van der Waals surface area contributed by atoms with Crippen molar-refractivity contribution in [2.45, 2.75) is 32.2 Å². The third-order valence-corrected chi connectivity index (χ3v) is 3.53. The second-order valence-electron chi connectivity index (χ2n) is 5.01. The van der Waals surface area contributed by atoms with Gasteiger partial charge in [0, 0.05) is 30.2 Å². The number of benzene rings is 1. The first-order valence-corrected chi connectivity index (χ1v) is 6.74. The van der Waals surface area contributed by atoms with Crippen LogP contribution < -0.4 is 0 Å². The fourth-order valence-electron chi connectivity index (χ4n) is 2.52. The van der Waals surface area contributed by atoms with Gasteiger partial charge in [-0.15, -0.1) is 0 Å². The van der Waals surface area contributed by atoms with Gasteiger partial charge in [-0.3, -0.25) is 4.90 Å². The van der Waals surface area contributed by atoms with Crippen molar-refractivity contribution in [3.63, 3.8) is 0 Å². The molecule has 0 unspecified atom stereocenters. The number of aliphatic hydroxyl groups is 1. The first-order valence-electron chi connectivity index (χ1n) is 6.36. The van der Waals surface area contributed by atoms with Gasteiger partial charge in [0.25, 0.3) is 0 Å². The van der Waals surface area contributed by atoms with Crippen molar-refractivity contribution in [1.82, 2.24) is 4.90 Å². The lowest BCUT2D eigenvalue weighted by Crippen LogP contribution is -2.46. The van der Waals surface area contributed by atoms with Gasteiger partial charge in [0.15, 0.2) is 0 Å². The topological polar surface area (TPSA) is 32.7 Å². The molecule has 2 rings (SSSR count). The van der Waals surface area contributed by atoms with E-state index in [0.29, 0.717) is 11.6 Å². The molecule has 0 bridgehead atoms. The van der Waals surface area contributed by atoms with Crippen molar-refractivity contribution in [3.05, 3.63) is 34.9 Å². The van der Waals surface area contributed by atoms with Crippen molar-refractivity contribution < 1.29 is 9.84 Å². The lowest BCUT2D eigenvalue weighted by atomic mass is 10.1. The molecule has 18 heavy (non-hydrogen) atoms. The lowest BCUT2D eigenvalue weighted by molar-refractivity contribution is -0.0767. The average molecular weight is 270 g/mol. The summed E-state index contributed by atoms with van der Waals surface area (Å²) in [5.74, 6) is 0. The van der Waals surface area contributed by atoms with Crippen LogP contribution in [-0.4, -0.2) is 41.8 Å². The van der Waals surface area contributed by atoms with Gasteiger partial charge in [-0.1, -0.05) is 29.8 Å². The summed E-state index contributed by atoms with van der Waals surface area (Å²) in [6.45, 7) is 6.43. The molecule has 1 aromatic rings. The van der Waals surface area contributed by atoms with Crippen molar-refractivity contribution in [2.24, 2.45) is 0 Å². The van der Waals surface area contributed by atoms with Crippen LogP contribution in [0.4, 0.5) is 0 Å². The molecule has 0 aromatic heterocycles. The Morgan fingerprint density at radius 2 is 1.94 bits per heavy atom. The van der Waals surface area contributed by atoms with Gasteiger partial charge in [-0.25, -0.2) is 0 Å². The molecular formula is C14H20ClNO2. The quantitative estimate of drug-likeness (QED) is 0.915. The molecule has 1 aliphatic heterocycles. The van der Waals surface area contributed by atoms with Gasteiger partial charge in [-0.05, 0) is 19.9 Å². The average Bonchev–Trinajstić information content (AvgIpc) is 2.27. The van der Waals surface area contributed by atoms with E-state index in [1.165, 1.54) is 0 Å². The normalized spacial score (nSPS) is 27.1. The van der Waals surface area contributed by atoms with Crippen LogP contribution in [0.2, 0.25) is 5.02 Å². The molecule has 1 aromatic carbocycles. The number of hydrogen-bond donors (Lipinski definition) is 1. The van der Waals surface area contributed by atoms with Crippen LogP contribution in [0.15, 0.2) is 24.3 Å². The van der Waals surface area contributed by atoms with Crippen molar-refractivity contribution >= 4 is 11.6 Å². The molecule has 0 radical (unpaired) electrons. The van der Waals surface area contributed by atoms with Crippen molar-refractivity contribution in [2.75, 3.05) is 19.6 Å². The van der Waals surface area contributed by atoms with E-state index in [1.54, 1.807) is 0 Å². The van der Waals surface area contributed by atoms with Gasteiger partial charge in [0.1, 0.15) is 0 Å². The second kappa shape index (κ2) is 6.02. The van der Waals surface area contributed by atoms with E-state index in [0.717, 1.165) is 18.7 Å². The molecule has 1 saturated heterocycles. The number of morpholine rings is 1. The fraction of sp³-hybridized carbons (Fsp3) is 0.571. The smallest absolute Gasteiger partial charge is 0.0931 e. The molecule has 3 nitrogen and oxygen atoms in total. The monoisotopic (exact) mass is 269 g/mol. The predicted molar refractivity (Wildman–Crippen MR) is 72.9 cm³/mol. The molecule has 3 atom stereocenters. The summed E-state index contributed by atoms with van der Waals surface area (Å²) in [5, 5.41) is 10.9. The van der Waals surface area contributed by atoms with Gasteiger partial charge in [0.05, 0.1) is 18.3 Å². The van der Waals surface area contributed by atoms with E-state index < -0.39 is 6.10 Å². The van der Waals surface area contributed by atoms with E-state index in [-0.39, 0.29) is 12.2 Å². The molecule has 0 aliphatic carbocycles. The van der Waals surface area contributed by atoms with E-state index in [9.17, 15) is 5.11 Å². The van der Waals surface area contributed by atoms with Gasteiger partial charge < -0.3 is 9.84 Å². The Morgan fingerprint density at radius 1 is 1.33 bits per heavy atom. The molecule has 0 amide bonds. The third kappa shape index (κ3) is 3.45. The minimum Gasteiger partial charge on any atom is -0.387 e. The minimum absolute atomic E-state index is 0.215. The summed E-state index contributed by atoms with van der Waals surface area (Å²) in [7, 11) is 0. The van der Waals surface area contributed by atoms with Crippen LogP contribution in [0.3, 0.4) is 0 Å². The lowest BCUT2D eigenvalue weighted by Gasteiger charge is -2.36. The number of hydrogen-bond acceptors (Lipinski definition) is 3. The Bertz CT molecular complexity index is 389. The molecule has 1 N–H and O–H groups in total. The van der Waals surface area contributed by atoms with Crippen LogP contribution in [0.1, 0.15) is 25.5 Å². The summed E-state index contributed by atoms with van der Waals surface area (Å²) >= 11 is 6.09. The van der Waals surface area contributed by atoms with Gasteiger partial charge >= 0.3 is 0 Å². The molecule has 0 spiro atoms. The summed E-state index contributed by atoms with van der Waals surface area (Å²) in [4.78, 5) is 2.23. The van der Waals surface area contributed by atoms with Crippen molar-refractivity contribution in [3.8, 4) is 0 Å². The number of aliphatic hydroxyl groups excluding tert-OH is 1. The summed E-state index contributed by atoms with van der Waals surface area (Å²) in [6, 6.07) is 7.46. The number of nitrogens with zero attached hydrogens (tertiary/aromatic N) is 1. The number of ether oxygens (including phenoxy) is 1. The van der Waals surface area contributed by atoms with E-state index in [1.807, 2.05) is 24.3 Å². The fourth-order valence-corrected chi connectivity index (χ4v) is 2.78. The Hall–Kier alpha value is -0.610. The van der Waals surface area contributed by atoms with Crippen LogP contribution in [-0.2, 0) is 4.74 Å². The minimum atomic E-state index is -0.545. The van der Waals surface area contributed by atoms with Gasteiger partial charge in [0.2, 0.25) is 0 Å². The maximum absolute atomic E-state index is 10.3. The first kappa shape index (κ1) is 13.8. The molecule has 1 aliphatic rings. The molecule has 1 fully saturated rings. The predicted octanol–water partition coefficient (Wildman–Crippen LogP) is 2.48. The maximum Gasteiger partial charge on any atom is 0.0931 e. The van der Waals surface area contributed by atoms with Crippen LogP contribution in [0.5, 0.6) is 0 Å². The molecular weight excluding hydrogens is 250 g/mol. The Labute approximate surface area is 113 Å². The first-order chi connectivity index (χ1) is 8.56. The highest BCUT2D eigenvalue weighted by Gasteiger charge is 2.24. The van der Waals surface area contributed by atoms with Crippen LogP contribution in [0.25, 0.3) is 0 Å². The number of β-amino-alcohol motifs (C(OH)–C–C–N with tert-alkyl or cyclic N) is 1. The summed E-state index contributed by atoms with van der Waals surface area (Å²) in [5.41, 5.74) is 0.797.